The Labute approximate surface area is 149 Å². The lowest BCUT2D eigenvalue weighted by Gasteiger charge is -2.28. The molecule has 0 saturated carbocycles. The lowest BCUT2D eigenvalue weighted by molar-refractivity contribution is -0.258. The van der Waals surface area contributed by atoms with Gasteiger partial charge in [0.1, 0.15) is 11.5 Å². The molecule has 1 unspecified atom stereocenters. The highest BCUT2D eigenvalue weighted by Crippen LogP contribution is 2.42. The van der Waals surface area contributed by atoms with Crippen LogP contribution in [0, 0.1) is 0 Å². The Morgan fingerprint density at radius 2 is 1.35 bits per heavy atom. The lowest BCUT2D eigenvalue weighted by Crippen LogP contribution is -2.39. The fourth-order valence-electron chi connectivity index (χ4n) is 2.47. The van der Waals surface area contributed by atoms with Crippen molar-refractivity contribution in [3.8, 4) is 11.5 Å². The number of hydrogen-bond acceptors (Lipinski definition) is 5. The normalized spacial score (nSPS) is 14.8. The van der Waals surface area contributed by atoms with Gasteiger partial charge in [-0.25, -0.2) is 0 Å². The van der Waals surface area contributed by atoms with E-state index in [0.717, 1.165) is 6.07 Å². The van der Waals surface area contributed by atoms with Crippen LogP contribution in [0.5, 0.6) is 11.5 Å². The number of ether oxygens (including phenoxy) is 1. The molecule has 0 saturated heterocycles. The molecule has 0 aromatic heterocycles. The van der Waals surface area contributed by atoms with E-state index in [4.69, 9.17) is 16.2 Å². The Kier molecular flexibility index (Phi) is 4.87. The van der Waals surface area contributed by atoms with E-state index in [0.29, 0.717) is 12.5 Å². The van der Waals surface area contributed by atoms with Crippen molar-refractivity contribution in [3.05, 3.63) is 47.5 Å². The van der Waals surface area contributed by atoms with E-state index in [9.17, 15) is 23.4 Å². The average molecular weight is 370 g/mol. The van der Waals surface area contributed by atoms with Crippen LogP contribution in [0.25, 0.3) is 0 Å². The zero-order valence-corrected chi connectivity index (χ0v) is 14.6. The largest absolute Gasteiger partial charge is 0.457 e. The third-order valence-electron chi connectivity index (χ3n) is 4.02. The molecular weight excluding hydrogens is 349 g/mol. The molecule has 5 nitrogen and oxygen atoms in total. The van der Waals surface area contributed by atoms with Gasteiger partial charge in [-0.2, -0.15) is 13.2 Å². The summed E-state index contributed by atoms with van der Waals surface area (Å²) in [7, 11) is 0. The molecule has 0 fully saturated rings. The Morgan fingerprint density at radius 3 is 1.85 bits per heavy atom. The van der Waals surface area contributed by atoms with Gasteiger partial charge in [0.25, 0.3) is 0 Å². The van der Waals surface area contributed by atoms with Crippen LogP contribution in [0.1, 0.15) is 31.9 Å². The number of aliphatic hydroxyl groups is 2. The maximum Gasteiger partial charge on any atom is 0.421 e. The van der Waals surface area contributed by atoms with Gasteiger partial charge in [-0.3, -0.25) is 0 Å². The van der Waals surface area contributed by atoms with Gasteiger partial charge >= 0.3 is 6.18 Å². The van der Waals surface area contributed by atoms with Crippen LogP contribution < -0.4 is 16.2 Å². The Hall–Kier alpha value is -2.45. The first-order chi connectivity index (χ1) is 11.7. The van der Waals surface area contributed by atoms with Crippen molar-refractivity contribution in [2.75, 3.05) is 11.5 Å². The summed E-state index contributed by atoms with van der Waals surface area (Å²) in [4.78, 5) is 0. The molecule has 26 heavy (non-hydrogen) atoms. The quantitative estimate of drug-likeness (QED) is 0.616. The lowest BCUT2D eigenvalue weighted by atomic mass is 9.93. The van der Waals surface area contributed by atoms with Crippen LogP contribution in [0.4, 0.5) is 24.5 Å². The van der Waals surface area contributed by atoms with Crippen LogP contribution in [0.3, 0.4) is 0 Å². The molecular formula is C18H21F3N2O3. The molecule has 142 valence electrons. The van der Waals surface area contributed by atoms with E-state index in [1.807, 2.05) is 0 Å². The summed E-state index contributed by atoms with van der Waals surface area (Å²) in [6, 6.07) is 8.18. The van der Waals surface area contributed by atoms with Gasteiger partial charge < -0.3 is 26.4 Å². The number of rotatable bonds is 4. The minimum Gasteiger partial charge on any atom is -0.457 e. The molecule has 6 N–H and O–H groups in total. The maximum absolute atomic E-state index is 13.1. The summed E-state index contributed by atoms with van der Waals surface area (Å²) < 4.78 is 44.8. The van der Waals surface area contributed by atoms with Gasteiger partial charge in [-0.1, -0.05) is 6.07 Å². The SMILES string of the molecule is CC(C)(O)c1ccc(Oc2ccc(N)c(C(C)(O)C(F)(F)F)c2)cc1N. The van der Waals surface area contributed by atoms with Crippen molar-refractivity contribution >= 4 is 11.4 Å². The second-order valence-electron chi connectivity index (χ2n) is 6.73. The highest BCUT2D eigenvalue weighted by Gasteiger charge is 2.52. The van der Waals surface area contributed by atoms with Gasteiger partial charge in [0.2, 0.25) is 0 Å². The van der Waals surface area contributed by atoms with Crippen molar-refractivity contribution < 1.29 is 28.1 Å². The van der Waals surface area contributed by atoms with E-state index in [1.54, 1.807) is 19.9 Å². The number of nitrogens with two attached hydrogens (primary N) is 2. The van der Waals surface area contributed by atoms with Crippen molar-refractivity contribution in [2.45, 2.75) is 38.1 Å². The van der Waals surface area contributed by atoms with Gasteiger partial charge in [0.05, 0.1) is 5.60 Å². The number of anilines is 2. The third kappa shape index (κ3) is 3.86. The predicted molar refractivity (Wildman–Crippen MR) is 92.7 cm³/mol. The van der Waals surface area contributed by atoms with E-state index in [2.05, 4.69) is 0 Å². The van der Waals surface area contributed by atoms with Gasteiger partial charge in [-0.05, 0) is 45.0 Å². The molecule has 2 aromatic carbocycles. The minimum atomic E-state index is -4.90. The number of halogens is 3. The molecule has 0 bridgehead atoms. The van der Waals surface area contributed by atoms with Crippen LogP contribution in [-0.4, -0.2) is 16.4 Å². The van der Waals surface area contributed by atoms with Gasteiger partial charge in [-0.15, -0.1) is 0 Å². The third-order valence-corrected chi connectivity index (χ3v) is 4.02. The first-order valence-electron chi connectivity index (χ1n) is 7.73. The summed E-state index contributed by atoms with van der Waals surface area (Å²) in [6.07, 6.45) is -4.90. The number of alkyl halides is 3. The molecule has 0 aliphatic heterocycles. The highest BCUT2D eigenvalue weighted by atomic mass is 19.4. The minimum absolute atomic E-state index is 0.0501. The smallest absolute Gasteiger partial charge is 0.421 e. The summed E-state index contributed by atoms with van der Waals surface area (Å²) in [6.45, 7) is 3.77. The van der Waals surface area contributed by atoms with Crippen molar-refractivity contribution in [1.29, 1.82) is 0 Å². The molecule has 2 rings (SSSR count). The maximum atomic E-state index is 13.1. The van der Waals surface area contributed by atoms with E-state index in [1.165, 1.54) is 24.3 Å². The average Bonchev–Trinajstić information content (AvgIpc) is 2.46. The van der Waals surface area contributed by atoms with Gasteiger partial charge in [0, 0.05) is 28.6 Å². The summed E-state index contributed by atoms with van der Waals surface area (Å²) in [5.74, 6) is 0.312. The zero-order chi connectivity index (χ0) is 19.9. The molecule has 0 amide bonds. The van der Waals surface area contributed by atoms with E-state index < -0.39 is 22.9 Å². The second-order valence-corrected chi connectivity index (χ2v) is 6.73. The fraction of sp³-hybridized carbons (Fsp3) is 0.333. The van der Waals surface area contributed by atoms with E-state index in [-0.39, 0.29) is 22.9 Å². The molecule has 0 heterocycles. The van der Waals surface area contributed by atoms with Crippen LogP contribution in [0.15, 0.2) is 36.4 Å². The predicted octanol–water partition coefficient (Wildman–Crippen LogP) is 3.64. The molecule has 0 radical (unpaired) electrons. The first kappa shape index (κ1) is 19.9. The molecule has 0 aliphatic rings. The Morgan fingerprint density at radius 1 is 0.808 bits per heavy atom. The summed E-state index contributed by atoms with van der Waals surface area (Å²) >= 11 is 0. The van der Waals surface area contributed by atoms with Gasteiger partial charge in [0.15, 0.2) is 5.60 Å². The molecule has 0 spiro atoms. The topological polar surface area (TPSA) is 102 Å². The fourth-order valence-corrected chi connectivity index (χ4v) is 2.47. The monoisotopic (exact) mass is 370 g/mol. The van der Waals surface area contributed by atoms with Crippen LogP contribution in [0.2, 0.25) is 0 Å². The molecule has 0 aliphatic carbocycles. The standard InChI is InChI=1S/C18H21F3N2O3/c1-16(2,24)12-6-4-11(9-15(12)23)26-10-5-7-14(22)13(8-10)17(3,25)18(19,20)21/h4-9,24-25H,22-23H2,1-3H3. The van der Waals surface area contributed by atoms with Crippen LogP contribution >= 0.6 is 0 Å². The molecule has 2 aromatic rings. The number of benzene rings is 2. The molecule has 1 atom stereocenters. The van der Waals surface area contributed by atoms with Crippen molar-refractivity contribution in [3.63, 3.8) is 0 Å². The molecule has 8 heteroatoms. The number of hydrogen-bond donors (Lipinski definition) is 4. The zero-order valence-electron chi connectivity index (χ0n) is 14.6. The highest BCUT2D eigenvalue weighted by molar-refractivity contribution is 5.56. The number of nitrogen functional groups attached to an aromatic ring is 2. The Balaban J connectivity index is 2.38. The Bertz CT molecular complexity index is 812. The van der Waals surface area contributed by atoms with Crippen molar-refractivity contribution in [1.82, 2.24) is 0 Å². The summed E-state index contributed by atoms with van der Waals surface area (Å²) in [5, 5.41) is 19.9. The second kappa shape index (κ2) is 6.37. The summed E-state index contributed by atoms with van der Waals surface area (Å²) in [5.41, 5.74) is 7.25. The van der Waals surface area contributed by atoms with Crippen LogP contribution in [-0.2, 0) is 11.2 Å². The van der Waals surface area contributed by atoms with E-state index >= 15 is 0 Å². The first-order valence-corrected chi connectivity index (χ1v) is 7.73. The van der Waals surface area contributed by atoms with Crippen molar-refractivity contribution in [2.24, 2.45) is 0 Å².